The Kier molecular flexibility index (Phi) is 13.0. The van der Waals surface area contributed by atoms with E-state index < -0.39 is 0 Å². The van der Waals surface area contributed by atoms with Crippen molar-refractivity contribution < 1.29 is 38.7 Å². The number of hydrogen-bond acceptors (Lipinski definition) is 8. The van der Waals surface area contributed by atoms with Crippen LogP contribution < -0.4 is 9.47 Å². The second-order valence-corrected chi connectivity index (χ2v) is 13.0. The zero-order valence-corrected chi connectivity index (χ0v) is 29.0. The lowest BCUT2D eigenvalue weighted by Gasteiger charge is -2.31. The Bertz CT molecular complexity index is 1380. The molecule has 0 aromatic heterocycles. The predicted octanol–water partition coefficient (Wildman–Crippen LogP) is 7.72. The number of allylic oxidation sites excluding steroid dienone is 2. The van der Waals surface area contributed by atoms with Crippen LogP contribution in [0.3, 0.4) is 0 Å². The number of phenolic OH excluding ortho intramolecular Hbond substituents is 2. The molecule has 1 fully saturated rings. The average Bonchev–Trinajstić information content (AvgIpc) is 3.80. The number of carbonyl (C=O) groups excluding carboxylic acids is 2. The molecule has 2 aromatic carbocycles. The van der Waals surface area contributed by atoms with E-state index in [0.29, 0.717) is 42.6 Å². The fourth-order valence-corrected chi connectivity index (χ4v) is 6.50. The summed E-state index contributed by atoms with van der Waals surface area (Å²) in [7, 11) is 3.06. The van der Waals surface area contributed by atoms with E-state index >= 15 is 0 Å². The van der Waals surface area contributed by atoms with Crippen LogP contribution in [0.15, 0.2) is 36.4 Å². The van der Waals surface area contributed by atoms with Crippen LogP contribution in [0.4, 0.5) is 0 Å². The predicted molar refractivity (Wildman–Crippen MR) is 180 cm³/mol. The molecule has 254 valence electrons. The number of aromatic hydroxyl groups is 2. The Morgan fingerprint density at radius 1 is 0.848 bits per heavy atom. The highest BCUT2D eigenvalue weighted by molar-refractivity contribution is 5.70. The van der Waals surface area contributed by atoms with Crippen molar-refractivity contribution >= 4 is 11.9 Å². The highest BCUT2D eigenvalue weighted by atomic mass is 16.5. The van der Waals surface area contributed by atoms with E-state index in [1.54, 1.807) is 19.2 Å². The normalized spacial score (nSPS) is 18.4. The summed E-state index contributed by atoms with van der Waals surface area (Å²) in [6, 6.07) is 7.48. The molecule has 0 aliphatic heterocycles. The van der Waals surface area contributed by atoms with Gasteiger partial charge in [-0.2, -0.15) is 0 Å². The zero-order valence-electron chi connectivity index (χ0n) is 29.0. The number of aryl methyl sites for hydroxylation is 2. The Labute approximate surface area is 275 Å². The van der Waals surface area contributed by atoms with E-state index in [1.807, 2.05) is 25.1 Å². The van der Waals surface area contributed by atoms with E-state index in [0.717, 1.165) is 41.5 Å². The molecular formula is C38H54O8. The minimum absolute atomic E-state index is 0.112. The van der Waals surface area contributed by atoms with Gasteiger partial charge in [0, 0.05) is 35.8 Å². The third-order valence-electron chi connectivity index (χ3n) is 9.92. The monoisotopic (exact) mass is 638 g/mol. The van der Waals surface area contributed by atoms with Crippen LogP contribution in [-0.2, 0) is 42.7 Å². The van der Waals surface area contributed by atoms with Gasteiger partial charge in [-0.3, -0.25) is 9.59 Å². The maximum absolute atomic E-state index is 12.5. The van der Waals surface area contributed by atoms with Gasteiger partial charge in [-0.1, -0.05) is 58.9 Å². The summed E-state index contributed by atoms with van der Waals surface area (Å²) >= 11 is 0. The number of phenols is 2. The molecule has 3 rings (SSSR count). The zero-order chi connectivity index (χ0) is 34.1. The van der Waals surface area contributed by atoms with Crippen LogP contribution in [-0.4, -0.2) is 49.6 Å². The number of esters is 2. The molecule has 46 heavy (non-hydrogen) atoms. The summed E-state index contributed by atoms with van der Waals surface area (Å²) in [6.07, 6.45) is 8.53. The first-order valence-electron chi connectivity index (χ1n) is 16.6. The van der Waals surface area contributed by atoms with Crippen molar-refractivity contribution in [1.82, 2.24) is 0 Å². The SMILES string of the molecule is C/C=C\C(C)(CC)c1cc(CCC(=O)OCCCOC(=O)CCc2cc(OC)c(O)c(C(C)(CC)C3CC3C)c2)cc(OC)c1O. The molecule has 0 heterocycles. The van der Waals surface area contributed by atoms with Gasteiger partial charge in [0.25, 0.3) is 0 Å². The van der Waals surface area contributed by atoms with Crippen molar-refractivity contribution in [1.29, 1.82) is 0 Å². The van der Waals surface area contributed by atoms with Crippen LogP contribution in [0.5, 0.6) is 23.0 Å². The van der Waals surface area contributed by atoms with Crippen molar-refractivity contribution in [3.8, 4) is 23.0 Å². The van der Waals surface area contributed by atoms with E-state index in [9.17, 15) is 19.8 Å². The third-order valence-corrected chi connectivity index (χ3v) is 9.92. The first-order chi connectivity index (χ1) is 21.9. The van der Waals surface area contributed by atoms with Crippen LogP contribution >= 0.6 is 0 Å². The molecule has 8 nitrogen and oxygen atoms in total. The maximum Gasteiger partial charge on any atom is 0.306 e. The molecule has 0 saturated heterocycles. The molecule has 0 radical (unpaired) electrons. The molecule has 1 aliphatic rings. The first-order valence-corrected chi connectivity index (χ1v) is 16.6. The highest BCUT2D eigenvalue weighted by Crippen LogP contribution is 2.56. The minimum Gasteiger partial charge on any atom is -0.504 e. The van der Waals surface area contributed by atoms with Crippen LogP contribution in [0.2, 0.25) is 0 Å². The van der Waals surface area contributed by atoms with Gasteiger partial charge in [0.1, 0.15) is 0 Å². The number of hydrogen-bond donors (Lipinski definition) is 2. The summed E-state index contributed by atoms with van der Waals surface area (Å²) < 4.78 is 21.7. The summed E-state index contributed by atoms with van der Waals surface area (Å²) in [5.41, 5.74) is 2.91. The standard InChI is InChI=1S/C38H54O8/c1-9-17-37(5,10-2)29-21-26(23-31(43-7)35(29)41)13-15-33(39)45-18-12-19-46-34(40)16-14-27-22-30(36(42)32(24-27)44-8)38(6,11-3)28-20-25(28)4/h9,17,21-25,28,41-42H,10-16,18-20H2,1-8H3/b17-9-. The molecule has 0 amide bonds. The molecule has 1 aliphatic carbocycles. The molecule has 1 saturated carbocycles. The van der Waals surface area contributed by atoms with Crippen molar-refractivity contribution in [2.45, 2.75) is 104 Å². The Morgan fingerprint density at radius 2 is 1.33 bits per heavy atom. The van der Waals surface area contributed by atoms with Gasteiger partial charge in [0.05, 0.1) is 27.4 Å². The second-order valence-electron chi connectivity index (χ2n) is 13.0. The van der Waals surface area contributed by atoms with Crippen molar-refractivity contribution in [2.24, 2.45) is 11.8 Å². The van der Waals surface area contributed by atoms with Gasteiger partial charge in [-0.25, -0.2) is 0 Å². The van der Waals surface area contributed by atoms with Gasteiger partial charge in [-0.15, -0.1) is 0 Å². The fraction of sp³-hybridized carbons (Fsp3) is 0.579. The lowest BCUT2D eigenvalue weighted by molar-refractivity contribution is -0.146. The number of methoxy groups -OCH3 is 2. The van der Waals surface area contributed by atoms with Gasteiger partial charge < -0.3 is 29.2 Å². The summed E-state index contributed by atoms with van der Waals surface area (Å²) in [6.45, 7) is 13.0. The van der Waals surface area contributed by atoms with E-state index in [4.69, 9.17) is 18.9 Å². The van der Waals surface area contributed by atoms with Crippen molar-refractivity contribution in [3.05, 3.63) is 58.7 Å². The molecule has 0 spiro atoms. The van der Waals surface area contributed by atoms with E-state index in [-0.39, 0.29) is 60.3 Å². The summed E-state index contributed by atoms with van der Waals surface area (Å²) in [4.78, 5) is 24.9. The molecule has 4 atom stereocenters. The molecule has 4 unspecified atom stereocenters. The largest absolute Gasteiger partial charge is 0.504 e. The second kappa shape index (κ2) is 16.2. The van der Waals surface area contributed by atoms with Gasteiger partial charge in [0.2, 0.25) is 0 Å². The third kappa shape index (κ3) is 8.77. The Balaban J connectivity index is 1.46. The smallest absolute Gasteiger partial charge is 0.306 e. The maximum atomic E-state index is 12.5. The minimum atomic E-state index is -0.370. The molecular weight excluding hydrogens is 584 g/mol. The lowest BCUT2D eigenvalue weighted by Crippen LogP contribution is -2.25. The van der Waals surface area contributed by atoms with E-state index in [1.165, 1.54) is 7.11 Å². The molecule has 2 N–H and O–H groups in total. The Hall–Kier alpha value is -3.68. The number of ether oxygens (including phenoxy) is 4. The highest BCUT2D eigenvalue weighted by Gasteiger charge is 2.48. The first kappa shape index (κ1) is 36.8. The molecule has 0 bridgehead atoms. The fourth-order valence-electron chi connectivity index (χ4n) is 6.50. The molecule has 8 heteroatoms. The molecule has 2 aromatic rings. The number of rotatable bonds is 18. The van der Waals surface area contributed by atoms with Gasteiger partial charge >= 0.3 is 11.9 Å². The van der Waals surface area contributed by atoms with Crippen LogP contribution in [0.25, 0.3) is 0 Å². The topological polar surface area (TPSA) is 112 Å². The number of carbonyl (C=O) groups is 2. The quantitative estimate of drug-likeness (QED) is 0.0970. The summed E-state index contributed by atoms with van der Waals surface area (Å²) in [5, 5.41) is 21.7. The lowest BCUT2D eigenvalue weighted by atomic mass is 9.74. The van der Waals surface area contributed by atoms with Crippen molar-refractivity contribution in [2.75, 3.05) is 27.4 Å². The van der Waals surface area contributed by atoms with Crippen LogP contribution in [0, 0.1) is 11.8 Å². The number of benzene rings is 2. The average molecular weight is 639 g/mol. The van der Waals surface area contributed by atoms with Crippen LogP contribution in [0.1, 0.15) is 102 Å². The Morgan fingerprint density at radius 3 is 1.74 bits per heavy atom. The van der Waals surface area contributed by atoms with Gasteiger partial charge in [0.15, 0.2) is 23.0 Å². The van der Waals surface area contributed by atoms with E-state index in [2.05, 4.69) is 40.7 Å². The van der Waals surface area contributed by atoms with Crippen molar-refractivity contribution in [3.63, 3.8) is 0 Å². The summed E-state index contributed by atoms with van der Waals surface area (Å²) in [5.74, 6) is 1.56. The van der Waals surface area contributed by atoms with Gasteiger partial charge in [-0.05, 0) is 79.5 Å².